The third kappa shape index (κ3) is 5.34. The lowest BCUT2D eigenvalue weighted by molar-refractivity contribution is -0.122. The average molecular weight is 482 g/mol. The van der Waals surface area contributed by atoms with E-state index >= 15 is 0 Å². The van der Waals surface area contributed by atoms with Crippen LogP contribution in [0.15, 0.2) is 48.7 Å². The highest BCUT2D eigenvalue weighted by molar-refractivity contribution is 6.35. The van der Waals surface area contributed by atoms with E-state index in [0.29, 0.717) is 33.7 Å². The molecule has 1 heterocycles. The topological polar surface area (TPSA) is 67.9 Å². The van der Waals surface area contributed by atoms with Gasteiger partial charge >= 0.3 is 6.03 Å². The molecule has 1 aliphatic heterocycles. The predicted octanol–water partition coefficient (Wildman–Crippen LogP) is 5.70. The Morgan fingerprint density at radius 2 is 1.87 bits per heavy atom. The zero-order valence-electron chi connectivity index (χ0n) is 16.6. The maximum Gasteiger partial charge on any atom is 0.329 e. The van der Waals surface area contributed by atoms with Gasteiger partial charge in [0.1, 0.15) is 12.3 Å². The Morgan fingerprint density at radius 3 is 2.55 bits per heavy atom. The van der Waals surface area contributed by atoms with Gasteiger partial charge in [-0.3, -0.25) is 9.69 Å². The number of nitrogens with one attached hydrogen (secondary N) is 1. The van der Waals surface area contributed by atoms with Gasteiger partial charge in [-0.05, 0) is 42.8 Å². The molecule has 1 saturated heterocycles. The van der Waals surface area contributed by atoms with Crippen molar-refractivity contribution in [3.8, 4) is 11.5 Å². The molecule has 0 aromatic heterocycles. The first kappa shape index (κ1) is 23.0. The van der Waals surface area contributed by atoms with Crippen LogP contribution in [0.2, 0.25) is 15.1 Å². The second-order valence-electron chi connectivity index (χ2n) is 6.48. The third-order valence-corrected chi connectivity index (χ3v) is 5.17. The molecule has 0 spiro atoms. The van der Waals surface area contributed by atoms with Crippen molar-refractivity contribution in [2.75, 3.05) is 13.2 Å². The van der Waals surface area contributed by atoms with Crippen molar-refractivity contribution in [3.63, 3.8) is 0 Å². The molecule has 9 heteroatoms. The third-order valence-electron chi connectivity index (χ3n) is 4.30. The van der Waals surface area contributed by atoms with Gasteiger partial charge in [-0.2, -0.15) is 0 Å². The molecule has 31 heavy (non-hydrogen) atoms. The molecule has 0 aliphatic carbocycles. The van der Waals surface area contributed by atoms with E-state index < -0.39 is 11.9 Å². The lowest BCUT2D eigenvalue weighted by atomic mass is 10.1. The first-order chi connectivity index (χ1) is 14.8. The van der Waals surface area contributed by atoms with Crippen molar-refractivity contribution in [2.45, 2.75) is 13.5 Å². The van der Waals surface area contributed by atoms with Crippen molar-refractivity contribution in [2.24, 2.45) is 0 Å². The van der Waals surface area contributed by atoms with Gasteiger partial charge in [0.25, 0.3) is 5.91 Å². The van der Waals surface area contributed by atoms with Crippen LogP contribution in [0.1, 0.15) is 18.1 Å². The molecular weight excluding hydrogens is 463 g/mol. The van der Waals surface area contributed by atoms with E-state index in [2.05, 4.69) is 11.9 Å². The molecule has 6 nitrogen and oxygen atoms in total. The standard InChI is InChI=1S/C22H19Cl3N2O4/c1-3-7-27-21(28)18(26-22(27)29)9-13-8-17(25)20(19(10-13)30-4-2)31-12-14-5-6-15(23)11-16(14)24/h3,5-6,8-11H,1,4,7,12H2,2H3,(H,26,29)/b18-9+. The molecule has 3 amide bonds. The fourth-order valence-corrected chi connectivity index (χ4v) is 3.63. The van der Waals surface area contributed by atoms with Crippen molar-refractivity contribution in [1.82, 2.24) is 10.2 Å². The lowest BCUT2D eigenvalue weighted by Crippen LogP contribution is -2.30. The van der Waals surface area contributed by atoms with Gasteiger partial charge < -0.3 is 14.8 Å². The molecule has 0 unspecified atom stereocenters. The van der Waals surface area contributed by atoms with E-state index in [1.54, 1.807) is 30.3 Å². The van der Waals surface area contributed by atoms with Crippen molar-refractivity contribution in [1.29, 1.82) is 0 Å². The molecule has 1 N–H and O–H groups in total. The van der Waals surface area contributed by atoms with E-state index in [1.165, 1.54) is 12.2 Å². The summed E-state index contributed by atoms with van der Waals surface area (Å²) in [6.07, 6.45) is 3.00. The maximum atomic E-state index is 12.4. The van der Waals surface area contributed by atoms with Gasteiger partial charge in [0, 0.05) is 22.2 Å². The van der Waals surface area contributed by atoms with E-state index in [4.69, 9.17) is 44.3 Å². The van der Waals surface area contributed by atoms with Crippen molar-refractivity contribution in [3.05, 3.63) is 74.9 Å². The number of amides is 3. The molecule has 2 aromatic carbocycles. The fourth-order valence-electron chi connectivity index (χ4n) is 2.90. The molecule has 0 saturated carbocycles. The molecule has 1 fully saturated rings. The number of halogens is 3. The summed E-state index contributed by atoms with van der Waals surface area (Å²) in [5.74, 6) is 0.287. The Kier molecular flexibility index (Phi) is 7.49. The number of rotatable bonds is 8. The Hall–Kier alpha value is -2.67. The number of nitrogens with zero attached hydrogens (tertiary/aromatic N) is 1. The van der Waals surface area contributed by atoms with Gasteiger partial charge in [-0.25, -0.2) is 4.79 Å². The summed E-state index contributed by atoms with van der Waals surface area (Å²) in [5, 5.41) is 3.82. The fraction of sp³-hybridized carbons (Fsp3) is 0.182. The summed E-state index contributed by atoms with van der Waals surface area (Å²) < 4.78 is 11.6. The van der Waals surface area contributed by atoms with E-state index in [0.717, 1.165) is 10.5 Å². The van der Waals surface area contributed by atoms with E-state index in [-0.39, 0.29) is 23.9 Å². The smallest absolute Gasteiger partial charge is 0.329 e. The van der Waals surface area contributed by atoms with Gasteiger partial charge in [-0.15, -0.1) is 6.58 Å². The van der Waals surface area contributed by atoms with Crippen LogP contribution in [-0.4, -0.2) is 30.0 Å². The number of hydrogen-bond donors (Lipinski definition) is 1. The van der Waals surface area contributed by atoms with Crippen LogP contribution in [0.5, 0.6) is 11.5 Å². The molecule has 2 aromatic rings. The molecule has 3 rings (SSSR count). The number of ether oxygens (including phenoxy) is 2. The maximum absolute atomic E-state index is 12.4. The number of benzene rings is 2. The Morgan fingerprint density at radius 1 is 1.10 bits per heavy atom. The molecule has 0 bridgehead atoms. The zero-order valence-corrected chi connectivity index (χ0v) is 18.9. The van der Waals surface area contributed by atoms with Crippen LogP contribution < -0.4 is 14.8 Å². The van der Waals surface area contributed by atoms with Crippen LogP contribution in [0.4, 0.5) is 4.79 Å². The summed E-state index contributed by atoms with van der Waals surface area (Å²) in [4.78, 5) is 25.4. The van der Waals surface area contributed by atoms with Crippen LogP contribution in [-0.2, 0) is 11.4 Å². The Balaban J connectivity index is 1.87. The normalized spacial score (nSPS) is 14.7. The molecule has 0 atom stereocenters. The Bertz CT molecular complexity index is 1070. The Labute approximate surface area is 195 Å². The van der Waals surface area contributed by atoms with Crippen molar-refractivity contribution >= 4 is 52.8 Å². The summed E-state index contributed by atoms with van der Waals surface area (Å²) in [6, 6.07) is 7.90. The average Bonchev–Trinajstić information content (AvgIpc) is 2.96. The van der Waals surface area contributed by atoms with Crippen LogP contribution in [0, 0.1) is 0 Å². The zero-order chi connectivity index (χ0) is 22.5. The highest BCUT2D eigenvalue weighted by atomic mass is 35.5. The van der Waals surface area contributed by atoms with Crippen LogP contribution >= 0.6 is 34.8 Å². The van der Waals surface area contributed by atoms with Gasteiger partial charge in [-0.1, -0.05) is 46.9 Å². The molecule has 162 valence electrons. The second-order valence-corrected chi connectivity index (χ2v) is 7.73. The summed E-state index contributed by atoms with van der Waals surface area (Å²) in [6.45, 7) is 6.02. The minimum Gasteiger partial charge on any atom is -0.490 e. The van der Waals surface area contributed by atoms with Gasteiger partial charge in [0.2, 0.25) is 0 Å². The minimum atomic E-state index is -0.507. The predicted molar refractivity (Wildman–Crippen MR) is 122 cm³/mol. The minimum absolute atomic E-state index is 0.118. The first-order valence-corrected chi connectivity index (χ1v) is 10.5. The highest BCUT2D eigenvalue weighted by Crippen LogP contribution is 2.38. The van der Waals surface area contributed by atoms with Gasteiger partial charge in [0.15, 0.2) is 11.5 Å². The molecular formula is C22H19Cl3N2O4. The van der Waals surface area contributed by atoms with E-state index in [9.17, 15) is 9.59 Å². The highest BCUT2D eigenvalue weighted by Gasteiger charge is 2.32. The quantitative estimate of drug-likeness (QED) is 0.298. The lowest BCUT2D eigenvalue weighted by Gasteiger charge is -2.15. The SMILES string of the molecule is C=CCN1C(=O)N/C(=C/c2cc(Cl)c(OCc3ccc(Cl)cc3Cl)c(OCC)c2)C1=O. The molecule has 1 aliphatic rings. The van der Waals surface area contributed by atoms with E-state index in [1.807, 2.05) is 6.92 Å². The van der Waals surface area contributed by atoms with Crippen LogP contribution in [0.3, 0.4) is 0 Å². The van der Waals surface area contributed by atoms with Gasteiger partial charge in [0.05, 0.1) is 11.6 Å². The largest absolute Gasteiger partial charge is 0.490 e. The second kappa shape index (κ2) is 10.1. The number of carbonyl (C=O) groups excluding carboxylic acids is 2. The molecule has 0 radical (unpaired) electrons. The van der Waals surface area contributed by atoms with Crippen LogP contribution in [0.25, 0.3) is 6.08 Å². The summed E-state index contributed by atoms with van der Waals surface area (Å²) >= 11 is 18.6. The monoisotopic (exact) mass is 480 g/mol. The first-order valence-electron chi connectivity index (χ1n) is 9.32. The summed E-state index contributed by atoms with van der Waals surface area (Å²) in [5.41, 5.74) is 1.43. The number of hydrogen-bond acceptors (Lipinski definition) is 4. The number of carbonyl (C=O) groups is 2. The summed E-state index contributed by atoms with van der Waals surface area (Å²) in [7, 11) is 0. The number of imide groups is 1. The van der Waals surface area contributed by atoms with Crippen molar-refractivity contribution < 1.29 is 19.1 Å². The number of urea groups is 1.